The molecule has 0 atom stereocenters. The van der Waals surface area contributed by atoms with Crippen molar-refractivity contribution in [1.82, 2.24) is 31.9 Å². The molecular formula is C84H168MoN6S12. The van der Waals surface area contributed by atoms with Crippen molar-refractivity contribution in [2.75, 3.05) is 39.3 Å². The summed E-state index contributed by atoms with van der Waals surface area (Å²) in [7, 11) is 0. The summed E-state index contributed by atoms with van der Waals surface area (Å²) in [4.78, 5) is 0. The predicted molar refractivity (Wildman–Crippen MR) is 507 cm³/mol. The van der Waals surface area contributed by atoms with E-state index in [-0.39, 0.29) is 21.1 Å². The number of hydrogen-bond donors (Lipinski definition) is 6. The second kappa shape index (κ2) is 114. The molecule has 0 rings (SSSR count). The van der Waals surface area contributed by atoms with Gasteiger partial charge in [-0.15, -0.1) is 0 Å². The van der Waals surface area contributed by atoms with E-state index in [2.05, 4.69) is 73.4 Å². The molecule has 0 unspecified atom stereocenters. The van der Waals surface area contributed by atoms with Crippen LogP contribution in [0.2, 0.25) is 0 Å². The quantitative estimate of drug-likeness (QED) is 0.0151. The average molecular weight is 1740 g/mol. The Morgan fingerprint density at radius 3 is 0.282 bits per heavy atom. The third kappa shape index (κ3) is 146. The molecule has 0 aromatic rings. The Balaban J connectivity index is -0.000000214. The van der Waals surface area contributed by atoms with Crippen molar-refractivity contribution in [3.8, 4) is 0 Å². The van der Waals surface area contributed by atoms with Gasteiger partial charge in [-0.2, -0.15) is 0 Å². The fraction of sp³-hybridized carbons (Fsp3) is 0.929. The standard InChI is InChI=1S/6C14H29NS2.Mo/c6*1-2-3-4-5-6-7-8-9-10-11-12-13-15-14(16)17;/h6*2-13H2,1H3,(H2,15,16,17);/q;;;;;;+6/p-6. The van der Waals surface area contributed by atoms with Crippen molar-refractivity contribution in [3.05, 3.63) is 0 Å². The zero-order chi connectivity index (χ0) is 76.6. The Morgan fingerprint density at radius 2 is 0.214 bits per heavy atom. The minimum Gasteiger partial charge on any atom is -0.412 e. The van der Waals surface area contributed by atoms with Crippen molar-refractivity contribution >= 4 is 175 Å². The van der Waals surface area contributed by atoms with Gasteiger partial charge in [0.25, 0.3) is 0 Å². The van der Waals surface area contributed by atoms with Crippen LogP contribution >= 0.6 is 73.3 Å². The molecule has 6 N–H and O–H groups in total. The topological polar surface area (TPSA) is 72.2 Å². The van der Waals surface area contributed by atoms with Gasteiger partial charge in [-0.3, -0.25) is 0 Å². The Hall–Kier alpha value is 1.35. The van der Waals surface area contributed by atoms with Crippen LogP contribution < -0.4 is 31.9 Å². The maximum atomic E-state index is 4.78. The molecule has 0 fully saturated rings. The van der Waals surface area contributed by atoms with Crippen molar-refractivity contribution in [2.24, 2.45) is 0 Å². The summed E-state index contributed by atoms with van der Waals surface area (Å²) in [6.45, 7) is 19.4. The van der Waals surface area contributed by atoms with Gasteiger partial charge in [-0.05, 0) is 38.5 Å². The van der Waals surface area contributed by atoms with Crippen LogP contribution in [0, 0.1) is 0 Å². The second-order valence-corrected chi connectivity index (χ2v) is 34.9. The first-order valence-corrected chi connectivity index (χ1v) is 48.2. The van der Waals surface area contributed by atoms with E-state index in [9.17, 15) is 0 Å². The van der Waals surface area contributed by atoms with Gasteiger partial charge in [0.05, 0.1) is 0 Å². The summed E-state index contributed by atoms with van der Waals surface area (Å²) >= 11 is 57.3. The first kappa shape index (κ1) is 118. The van der Waals surface area contributed by atoms with Crippen LogP contribution in [0.3, 0.4) is 0 Å². The maximum Gasteiger partial charge on any atom is 6.00 e. The van der Waals surface area contributed by atoms with Crippen molar-refractivity contribution in [3.63, 3.8) is 0 Å². The molecular weight excluding hydrogens is 1570 g/mol. The van der Waals surface area contributed by atoms with Crippen molar-refractivity contribution < 1.29 is 21.1 Å². The van der Waals surface area contributed by atoms with E-state index in [0.717, 1.165) is 39.3 Å². The average Bonchev–Trinajstić information content (AvgIpc) is 3.71. The summed E-state index contributed by atoms with van der Waals surface area (Å²) in [5, 5.41) is 18.1. The summed E-state index contributed by atoms with van der Waals surface area (Å²) in [6.07, 6.45) is 91.1. The van der Waals surface area contributed by atoms with Gasteiger partial charge in [0.2, 0.25) is 0 Å². The molecule has 0 radical (unpaired) electrons. The molecule has 103 heavy (non-hydrogen) atoms. The summed E-state index contributed by atoms with van der Waals surface area (Å²) in [6, 6.07) is 0. The first-order chi connectivity index (χ1) is 49.6. The molecule has 0 saturated heterocycles. The summed E-state index contributed by atoms with van der Waals surface area (Å²) in [5.41, 5.74) is 0. The van der Waals surface area contributed by atoms with Crippen LogP contribution in [0.25, 0.3) is 0 Å². The largest absolute Gasteiger partial charge is 6.00 e. The molecule has 0 aromatic carbocycles. The summed E-state index contributed by atoms with van der Waals surface area (Å²) < 4.78 is 3.07. The second-order valence-electron chi connectivity index (χ2n) is 28.5. The van der Waals surface area contributed by atoms with Gasteiger partial charge in [0.15, 0.2) is 0 Å². The first-order valence-electron chi connectivity index (χ1n) is 43.3. The zero-order valence-corrected chi connectivity index (χ0v) is 80.0. The van der Waals surface area contributed by atoms with E-state index in [1.165, 1.54) is 424 Å². The van der Waals surface area contributed by atoms with E-state index in [1.807, 2.05) is 0 Å². The van der Waals surface area contributed by atoms with Crippen molar-refractivity contribution in [1.29, 1.82) is 0 Å². The smallest absolute Gasteiger partial charge is 0.412 e. The van der Waals surface area contributed by atoms with Crippen LogP contribution in [0.1, 0.15) is 465 Å². The third-order valence-corrected chi connectivity index (χ3v) is 20.0. The summed E-state index contributed by atoms with van der Waals surface area (Å²) in [5.74, 6) is 0. The molecule has 6 nitrogen and oxygen atoms in total. The van der Waals surface area contributed by atoms with Gasteiger partial charge in [-0.1, -0.05) is 453 Å². The molecule has 0 amide bonds. The maximum absolute atomic E-state index is 4.78. The van der Waals surface area contributed by atoms with E-state index < -0.39 is 0 Å². The molecule has 0 aliphatic heterocycles. The molecule has 19 heteroatoms. The molecule has 0 aliphatic carbocycles. The fourth-order valence-corrected chi connectivity index (χ4v) is 13.1. The predicted octanol–water partition coefficient (Wildman–Crippen LogP) is 28.3. The van der Waals surface area contributed by atoms with Gasteiger partial charge in [-0.25, -0.2) is 0 Å². The number of hydrogen-bond acceptors (Lipinski definition) is 12. The normalized spacial score (nSPS) is 10.3. The minimum absolute atomic E-state index is 0. The third-order valence-electron chi connectivity index (χ3n) is 18.3. The Kier molecular flexibility index (Phi) is 130. The monoisotopic (exact) mass is 1740 g/mol. The zero-order valence-electron chi connectivity index (χ0n) is 68.2. The molecule has 0 spiro atoms. The molecule has 0 bridgehead atoms. The Labute approximate surface area is 725 Å². The number of unbranched alkanes of at least 4 members (excludes halogenated alkanes) is 60. The van der Waals surface area contributed by atoms with Gasteiger partial charge >= 0.3 is 21.1 Å². The SMILES string of the molecule is CCCCCCCCCCCCCNC(=S)[S-].CCCCCCCCCCCCCNC(=S)[S-].CCCCCCCCCCCCCNC(=S)[S-].CCCCCCCCCCCCCNC(=S)[S-].CCCCCCCCCCCCCNC(=S)[S-].CCCCCCCCCCCCCNC(=S)[S-].[Mo+6]. The molecule has 0 aliphatic rings. The van der Waals surface area contributed by atoms with Gasteiger partial charge in [0, 0.05) is 39.3 Å². The number of rotatable bonds is 72. The minimum atomic E-state index is 0. The van der Waals surface area contributed by atoms with Gasteiger partial charge < -0.3 is 181 Å². The molecule has 0 heterocycles. The van der Waals surface area contributed by atoms with E-state index in [1.54, 1.807) is 0 Å². The van der Waals surface area contributed by atoms with Crippen LogP contribution in [0.15, 0.2) is 0 Å². The van der Waals surface area contributed by atoms with E-state index in [0.29, 0.717) is 25.9 Å². The van der Waals surface area contributed by atoms with Crippen LogP contribution in [-0.2, 0) is 96.8 Å². The van der Waals surface area contributed by atoms with E-state index >= 15 is 0 Å². The van der Waals surface area contributed by atoms with Crippen molar-refractivity contribution in [2.45, 2.75) is 465 Å². The van der Waals surface area contributed by atoms with Crippen LogP contribution in [0.5, 0.6) is 0 Å². The van der Waals surface area contributed by atoms with Crippen LogP contribution in [-0.4, -0.2) is 65.2 Å². The molecule has 0 aromatic heterocycles. The number of nitrogens with one attached hydrogen (secondary N) is 6. The Bertz CT molecular complexity index is 1330. The molecule has 0 saturated carbocycles. The van der Waals surface area contributed by atoms with Gasteiger partial charge in [0.1, 0.15) is 0 Å². The number of thiocarbonyl (C=S) groups is 6. The fourth-order valence-electron chi connectivity index (χ4n) is 11.9. The molecule has 612 valence electrons. The van der Waals surface area contributed by atoms with Crippen LogP contribution in [0.4, 0.5) is 0 Å². The Morgan fingerprint density at radius 1 is 0.146 bits per heavy atom. The van der Waals surface area contributed by atoms with E-state index in [4.69, 9.17) is 149 Å².